The maximum Gasteiger partial charge on any atom is 0.282 e. The predicted molar refractivity (Wildman–Crippen MR) is 103 cm³/mol. The number of halogens is 4. The average Bonchev–Trinajstić information content (AvgIpc) is 3.24. The van der Waals surface area contributed by atoms with Crippen molar-refractivity contribution in [1.29, 1.82) is 0 Å². The van der Waals surface area contributed by atoms with E-state index in [0.717, 1.165) is 29.9 Å². The molecule has 0 aromatic heterocycles. The molecule has 4 nitrogen and oxygen atoms in total. The summed E-state index contributed by atoms with van der Waals surface area (Å²) in [6.07, 6.45) is 1.77. The van der Waals surface area contributed by atoms with Gasteiger partial charge in [-0.1, -0.05) is 29.3 Å². The maximum absolute atomic E-state index is 13.7. The van der Waals surface area contributed by atoms with Crippen LogP contribution in [-0.4, -0.2) is 29.8 Å². The Morgan fingerprint density at radius 1 is 0.857 bits per heavy atom. The molecule has 144 valence electrons. The van der Waals surface area contributed by atoms with E-state index in [-0.39, 0.29) is 22.0 Å². The number of nitrogens with zero attached hydrogens (tertiary/aromatic N) is 2. The number of carbonyl (C=O) groups excluding carboxylic acids is 2. The Morgan fingerprint density at radius 3 is 2.21 bits per heavy atom. The van der Waals surface area contributed by atoms with Gasteiger partial charge in [-0.3, -0.25) is 9.59 Å². The zero-order valence-corrected chi connectivity index (χ0v) is 16.0. The molecular weight excluding hydrogens is 409 g/mol. The highest BCUT2D eigenvalue weighted by Gasteiger charge is 2.43. The number of imide groups is 1. The summed E-state index contributed by atoms with van der Waals surface area (Å²) in [6, 6.07) is 7.56. The van der Waals surface area contributed by atoms with Gasteiger partial charge in [-0.25, -0.2) is 13.7 Å². The van der Waals surface area contributed by atoms with Crippen LogP contribution in [-0.2, 0) is 9.59 Å². The molecule has 2 aliphatic rings. The zero-order chi connectivity index (χ0) is 20.0. The summed E-state index contributed by atoms with van der Waals surface area (Å²) in [4.78, 5) is 29.1. The molecule has 0 spiro atoms. The Morgan fingerprint density at radius 2 is 1.57 bits per heavy atom. The van der Waals surface area contributed by atoms with Crippen LogP contribution in [0.3, 0.4) is 0 Å². The van der Waals surface area contributed by atoms with Crippen molar-refractivity contribution in [1.82, 2.24) is 4.90 Å². The molecule has 1 fully saturated rings. The SMILES string of the molecule is O=C1C(c2ccc(Cl)cc2Cl)=C(N2CCCC2)C(=O)N1c1ccc(F)c(F)c1. The Kier molecular flexibility index (Phi) is 4.85. The molecule has 2 heterocycles. The van der Waals surface area contributed by atoms with E-state index in [1.165, 1.54) is 12.1 Å². The molecule has 4 rings (SSSR count). The lowest BCUT2D eigenvalue weighted by Crippen LogP contribution is -2.34. The van der Waals surface area contributed by atoms with Gasteiger partial charge in [0.1, 0.15) is 5.70 Å². The van der Waals surface area contributed by atoms with E-state index in [2.05, 4.69) is 0 Å². The standard InChI is InChI=1S/C20H14Cl2F2N2O2/c21-11-3-5-13(14(22)9-11)17-18(25-7-1-2-8-25)20(28)26(19(17)27)12-4-6-15(23)16(24)10-12/h3-6,9-10H,1-2,7-8H2. The number of benzene rings is 2. The van der Waals surface area contributed by atoms with Crippen molar-refractivity contribution in [2.75, 3.05) is 18.0 Å². The third kappa shape index (κ3) is 3.06. The molecule has 0 radical (unpaired) electrons. The summed E-state index contributed by atoms with van der Waals surface area (Å²) in [7, 11) is 0. The Bertz CT molecular complexity index is 1030. The lowest BCUT2D eigenvalue weighted by Gasteiger charge is -2.20. The molecule has 0 bridgehead atoms. The van der Waals surface area contributed by atoms with Crippen LogP contribution in [0.15, 0.2) is 42.1 Å². The second-order valence-electron chi connectivity index (χ2n) is 6.59. The largest absolute Gasteiger partial charge is 0.366 e. The van der Waals surface area contributed by atoms with Crippen molar-refractivity contribution in [3.05, 3.63) is 69.3 Å². The van der Waals surface area contributed by atoms with E-state index in [9.17, 15) is 18.4 Å². The van der Waals surface area contributed by atoms with Crippen LogP contribution in [0.25, 0.3) is 5.57 Å². The summed E-state index contributed by atoms with van der Waals surface area (Å²) in [5.41, 5.74) is 0.692. The Balaban J connectivity index is 1.87. The minimum Gasteiger partial charge on any atom is -0.366 e. The molecule has 1 saturated heterocycles. The highest BCUT2D eigenvalue weighted by Crippen LogP contribution is 2.39. The lowest BCUT2D eigenvalue weighted by atomic mass is 10.0. The highest BCUT2D eigenvalue weighted by atomic mass is 35.5. The van der Waals surface area contributed by atoms with Gasteiger partial charge in [0.2, 0.25) is 0 Å². The van der Waals surface area contributed by atoms with Gasteiger partial charge in [0.05, 0.1) is 16.3 Å². The summed E-state index contributed by atoms with van der Waals surface area (Å²) < 4.78 is 27.1. The van der Waals surface area contributed by atoms with E-state index < -0.39 is 23.4 Å². The van der Waals surface area contributed by atoms with Crippen LogP contribution >= 0.6 is 23.2 Å². The average molecular weight is 423 g/mol. The maximum atomic E-state index is 13.7. The van der Waals surface area contributed by atoms with Crippen LogP contribution in [0.5, 0.6) is 0 Å². The van der Waals surface area contributed by atoms with Crippen molar-refractivity contribution in [3.63, 3.8) is 0 Å². The van der Waals surface area contributed by atoms with Crippen molar-refractivity contribution in [3.8, 4) is 0 Å². The third-order valence-electron chi connectivity index (χ3n) is 4.84. The molecule has 0 N–H and O–H groups in total. The van der Waals surface area contributed by atoms with Crippen molar-refractivity contribution >= 4 is 46.3 Å². The van der Waals surface area contributed by atoms with E-state index in [1.54, 1.807) is 12.1 Å². The van der Waals surface area contributed by atoms with E-state index in [0.29, 0.717) is 23.7 Å². The first kappa shape index (κ1) is 18.9. The molecule has 0 saturated carbocycles. The first-order valence-corrected chi connectivity index (χ1v) is 9.42. The van der Waals surface area contributed by atoms with Crippen molar-refractivity contribution in [2.24, 2.45) is 0 Å². The summed E-state index contributed by atoms with van der Waals surface area (Å²) >= 11 is 12.3. The second kappa shape index (κ2) is 7.18. The molecule has 0 aliphatic carbocycles. The van der Waals surface area contributed by atoms with E-state index in [4.69, 9.17) is 23.2 Å². The van der Waals surface area contributed by atoms with E-state index >= 15 is 0 Å². The van der Waals surface area contributed by atoms with Gasteiger partial charge in [-0.15, -0.1) is 0 Å². The second-order valence-corrected chi connectivity index (χ2v) is 7.43. The molecule has 2 amide bonds. The fraction of sp³-hybridized carbons (Fsp3) is 0.200. The van der Waals surface area contributed by atoms with Gasteiger partial charge >= 0.3 is 0 Å². The molecule has 2 aromatic rings. The van der Waals surface area contributed by atoms with Gasteiger partial charge in [-0.05, 0) is 37.1 Å². The molecule has 0 unspecified atom stereocenters. The minimum atomic E-state index is -1.14. The van der Waals surface area contributed by atoms with Gasteiger partial charge in [-0.2, -0.15) is 0 Å². The fourth-order valence-corrected chi connectivity index (χ4v) is 4.05. The highest BCUT2D eigenvalue weighted by molar-refractivity contribution is 6.47. The van der Waals surface area contributed by atoms with Gasteiger partial charge in [0, 0.05) is 29.7 Å². The molecule has 8 heteroatoms. The van der Waals surface area contributed by atoms with Crippen LogP contribution in [0.1, 0.15) is 18.4 Å². The van der Waals surface area contributed by atoms with Crippen molar-refractivity contribution in [2.45, 2.75) is 12.8 Å². The van der Waals surface area contributed by atoms with E-state index in [1.807, 2.05) is 4.90 Å². The Hall–Kier alpha value is -2.44. The van der Waals surface area contributed by atoms with Crippen LogP contribution in [0.4, 0.5) is 14.5 Å². The van der Waals surface area contributed by atoms with Crippen LogP contribution < -0.4 is 4.90 Å². The number of amides is 2. The molecule has 0 atom stereocenters. The fourth-order valence-electron chi connectivity index (χ4n) is 3.55. The molecule has 28 heavy (non-hydrogen) atoms. The van der Waals surface area contributed by atoms with Crippen LogP contribution in [0, 0.1) is 11.6 Å². The zero-order valence-electron chi connectivity index (χ0n) is 14.5. The number of hydrogen-bond donors (Lipinski definition) is 0. The summed E-state index contributed by atoms with van der Waals surface area (Å²) in [5.74, 6) is -3.42. The number of hydrogen-bond acceptors (Lipinski definition) is 3. The normalized spacial score (nSPS) is 17.3. The van der Waals surface area contributed by atoms with Gasteiger partial charge in [0.25, 0.3) is 11.8 Å². The number of anilines is 1. The van der Waals surface area contributed by atoms with Crippen LogP contribution in [0.2, 0.25) is 10.0 Å². The quantitative estimate of drug-likeness (QED) is 0.675. The number of carbonyl (C=O) groups is 2. The number of rotatable bonds is 3. The van der Waals surface area contributed by atoms with Gasteiger partial charge < -0.3 is 4.90 Å². The van der Waals surface area contributed by atoms with Crippen molar-refractivity contribution < 1.29 is 18.4 Å². The topological polar surface area (TPSA) is 40.6 Å². The first-order chi connectivity index (χ1) is 13.4. The monoisotopic (exact) mass is 422 g/mol. The summed E-state index contributed by atoms with van der Waals surface area (Å²) in [5, 5.41) is 0.624. The van der Waals surface area contributed by atoms with Gasteiger partial charge in [0.15, 0.2) is 11.6 Å². The lowest BCUT2D eigenvalue weighted by molar-refractivity contribution is -0.120. The number of likely N-dealkylation sites (tertiary alicyclic amines) is 1. The minimum absolute atomic E-state index is 0.0364. The Labute approximate surface area is 169 Å². The predicted octanol–water partition coefficient (Wildman–Crippen LogP) is 4.65. The molecular formula is C20H14Cl2F2N2O2. The summed E-state index contributed by atoms with van der Waals surface area (Å²) in [6.45, 7) is 1.24. The smallest absolute Gasteiger partial charge is 0.282 e. The third-order valence-corrected chi connectivity index (χ3v) is 5.39. The molecule has 2 aliphatic heterocycles. The first-order valence-electron chi connectivity index (χ1n) is 8.67. The molecule has 2 aromatic carbocycles.